The van der Waals surface area contributed by atoms with E-state index in [0.717, 1.165) is 16.1 Å². The van der Waals surface area contributed by atoms with E-state index in [9.17, 15) is 9.59 Å². The van der Waals surface area contributed by atoms with E-state index in [1.807, 2.05) is 18.4 Å². The van der Waals surface area contributed by atoms with Gasteiger partial charge in [0.1, 0.15) is 0 Å². The van der Waals surface area contributed by atoms with Crippen molar-refractivity contribution in [2.45, 2.75) is 19.9 Å². The molecule has 3 aromatic heterocycles. The quantitative estimate of drug-likeness (QED) is 0.741. The van der Waals surface area contributed by atoms with Crippen LogP contribution in [0.15, 0.2) is 28.5 Å². The van der Waals surface area contributed by atoms with Gasteiger partial charge in [0.05, 0.1) is 22.7 Å². The normalized spacial score (nSPS) is 14.3. The van der Waals surface area contributed by atoms with Crippen LogP contribution in [0.4, 0.5) is 0 Å². The van der Waals surface area contributed by atoms with Gasteiger partial charge < -0.3 is 4.90 Å². The van der Waals surface area contributed by atoms with E-state index < -0.39 is 0 Å². The lowest BCUT2D eigenvalue weighted by Gasteiger charge is -2.27. The number of carbonyl (C=O) groups is 1. The van der Waals surface area contributed by atoms with Crippen LogP contribution in [-0.4, -0.2) is 31.9 Å². The Labute approximate surface area is 130 Å². The molecule has 0 fully saturated rings. The summed E-state index contributed by atoms with van der Waals surface area (Å²) in [6.45, 7) is 2.84. The number of nitrogens with zero attached hydrogens (tertiary/aromatic N) is 3. The molecular weight excluding hydrogens is 300 g/mol. The SMILES string of the molecule is Cc1ccsc1C(=O)N1CCc2nc3cc[nH]n3c(=O)c2C1. The van der Waals surface area contributed by atoms with Gasteiger partial charge in [0.25, 0.3) is 11.5 Å². The second-order valence-electron chi connectivity index (χ2n) is 5.41. The Morgan fingerprint density at radius 3 is 3.05 bits per heavy atom. The van der Waals surface area contributed by atoms with Crippen LogP contribution in [0.2, 0.25) is 0 Å². The Balaban J connectivity index is 1.73. The molecule has 0 bridgehead atoms. The van der Waals surface area contributed by atoms with E-state index in [1.165, 1.54) is 15.9 Å². The van der Waals surface area contributed by atoms with Crippen molar-refractivity contribution in [1.82, 2.24) is 19.5 Å². The Hall–Kier alpha value is -2.41. The number of hydrogen-bond acceptors (Lipinski definition) is 4. The number of amides is 1. The lowest BCUT2D eigenvalue weighted by atomic mass is 10.1. The van der Waals surface area contributed by atoms with E-state index in [4.69, 9.17) is 0 Å². The summed E-state index contributed by atoms with van der Waals surface area (Å²) >= 11 is 1.44. The molecule has 4 rings (SSSR count). The van der Waals surface area contributed by atoms with E-state index >= 15 is 0 Å². The molecule has 112 valence electrons. The number of nitrogens with one attached hydrogen (secondary N) is 1. The standard InChI is InChI=1S/C15H14N4O2S/c1-9-4-7-22-13(9)15(21)18-6-3-11-10(8-18)14(20)19-12(17-11)2-5-16-19/h2,4-5,7,16H,3,6,8H2,1H3. The molecule has 0 aliphatic carbocycles. The maximum atomic E-state index is 12.6. The predicted octanol–water partition coefficient (Wildman–Crippen LogP) is 1.59. The van der Waals surface area contributed by atoms with Gasteiger partial charge in [-0.05, 0) is 23.9 Å². The number of thiophene rings is 1. The number of fused-ring (bicyclic) bond motifs is 2. The van der Waals surface area contributed by atoms with Crippen molar-refractivity contribution in [3.63, 3.8) is 0 Å². The van der Waals surface area contributed by atoms with Crippen LogP contribution in [0, 0.1) is 6.92 Å². The first kappa shape index (κ1) is 13.3. The van der Waals surface area contributed by atoms with Crippen LogP contribution in [-0.2, 0) is 13.0 Å². The van der Waals surface area contributed by atoms with Crippen molar-refractivity contribution in [3.8, 4) is 0 Å². The maximum absolute atomic E-state index is 12.6. The van der Waals surface area contributed by atoms with Gasteiger partial charge in [-0.1, -0.05) is 0 Å². The topological polar surface area (TPSA) is 70.5 Å². The van der Waals surface area contributed by atoms with Crippen molar-refractivity contribution >= 4 is 22.9 Å². The second-order valence-corrected chi connectivity index (χ2v) is 6.32. The van der Waals surface area contributed by atoms with Crippen LogP contribution < -0.4 is 5.56 Å². The summed E-state index contributed by atoms with van der Waals surface area (Å²) in [7, 11) is 0. The number of carbonyl (C=O) groups excluding carboxylic acids is 1. The molecule has 1 aliphatic heterocycles. The van der Waals surface area contributed by atoms with Gasteiger partial charge in [0.15, 0.2) is 5.65 Å². The first-order chi connectivity index (χ1) is 10.6. The number of H-pyrrole nitrogens is 1. The largest absolute Gasteiger partial charge is 0.333 e. The molecule has 0 atom stereocenters. The summed E-state index contributed by atoms with van der Waals surface area (Å²) in [6.07, 6.45) is 2.30. The zero-order valence-electron chi connectivity index (χ0n) is 12.0. The highest BCUT2D eigenvalue weighted by atomic mass is 32.1. The molecular formula is C15H14N4O2S. The Morgan fingerprint density at radius 2 is 2.27 bits per heavy atom. The highest BCUT2D eigenvalue weighted by molar-refractivity contribution is 7.12. The van der Waals surface area contributed by atoms with Crippen molar-refractivity contribution in [2.75, 3.05) is 6.54 Å². The van der Waals surface area contributed by atoms with E-state index in [2.05, 4.69) is 10.1 Å². The molecule has 1 amide bonds. The first-order valence-corrected chi connectivity index (χ1v) is 7.94. The van der Waals surface area contributed by atoms with Crippen molar-refractivity contribution in [3.05, 3.63) is 55.8 Å². The lowest BCUT2D eigenvalue weighted by Crippen LogP contribution is -2.40. The molecule has 1 N–H and O–H groups in total. The van der Waals surface area contributed by atoms with Crippen LogP contribution >= 0.6 is 11.3 Å². The molecule has 0 saturated carbocycles. The molecule has 6 nitrogen and oxygen atoms in total. The molecule has 0 saturated heterocycles. The summed E-state index contributed by atoms with van der Waals surface area (Å²) in [5.41, 5.74) is 2.89. The van der Waals surface area contributed by atoms with Gasteiger partial charge >= 0.3 is 0 Å². The van der Waals surface area contributed by atoms with Crippen molar-refractivity contribution in [1.29, 1.82) is 0 Å². The average molecular weight is 314 g/mol. The summed E-state index contributed by atoms with van der Waals surface area (Å²) in [5, 5.41) is 4.78. The van der Waals surface area contributed by atoms with Crippen LogP contribution in [0.3, 0.4) is 0 Å². The summed E-state index contributed by atoms with van der Waals surface area (Å²) in [4.78, 5) is 32.1. The van der Waals surface area contributed by atoms with Gasteiger partial charge in [-0.15, -0.1) is 11.3 Å². The Bertz CT molecular complexity index is 937. The fourth-order valence-corrected chi connectivity index (χ4v) is 3.72. The van der Waals surface area contributed by atoms with Gasteiger partial charge in [-0.25, -0.2) is 9.50 Å². The Kier molecular flexibility index (Phi) is 2.90. The monoisotopic (exact) mass is 314 g/mol. The molecule has 0 radical (unpaired) electrons. The summed E-state index contributed by atoms with van der Waals surface area (Å²) in [6, 6.07) is 3.71. The number of hydrogen-bond donors (Lipinski definition) is 1. The van der Waals surface area contributed by atoms with Crippen molar-refractivity contribution in [2.24, 2.45) is 0 Å². The van der Waals surface area contributed by atoms with Crippen molar-refractivity contribution < 1.29 is 4.79 Å². The minimum absolute atomic E-state index is 0.00543. The third-order valence-corrected chi connectivity index (χ3v) is 5.04. The highest BCUT2D eigenvalue weighted by Crippen LogP contribution is 2.22. The Morgan fingerprint density at radius 1 is 1.41 bits per heavy atom. The molecule has 1 aliphatic rings. The second kappa shape index (κ2) is 4.81. The zero-order chi connectivity index (χ0) is 15.3. The minimum atomic E-state index is -0.120. The van der Waals surface area contributed by atoms with E-state index in [-0.39, 0.29) is 11.5 Å². The lowest BCUT2D eigenvalue weighted by molar-refractivity contribution is 0.0737. The van der Waals surface area contributed by atoms with Gasteiger partial charge in [0.2, 0.25) is 0 Å². The first-order valence-electron chi connectivity index (χ1n) is 7.06. The minimum Gasteiger partial charge on any atom is -0.333 e. The van der Waals surface area contributed by atoms with Crippen LogP contribution in [0.25, 0.3) is 5.65 Å². The number of aromatic amines is 1. The zero-order valence-corrected chi connectivity index (χ0v) is 12.8. The van der Waals surface area contributed by atoms with Crippen LogP contribution in [0.1, 0.15) is 26.5 Å². The van der Waals surface area contributed by atoms with E-state index in [0.29, 0.717) is 30.7 Å². The third-order valence-electron chi connectivity index (χ3n) is 4.04. The fourth-order valence-electron chi connectivity index (χ4n) is 2.83. The molecule has 7 heteroatoms. The third kappa shape index (κ3) is 1.89. The summed E-state index contributed by atoms with van der Waals surface area (Å²) in [5.74, 6) is -0.00543. The maximum Gasteiger partial charge on any atom is 0.277 e. The molecule has 0 aromatic carbocycles. The molecule has 0 unspecified atom stereocenters. The van der Waals surface area contributed by atoms with E-state index in [1.54, 1.807) is 17.2 Å². The van der Waals surface area contributed by atoms with Gasteiger partial charge in [-0.3, -0.25) is 14.7 Å². The molecule has 22 heavy (non-hydrogen) atoms. The highest BCUT2D eigenvalue weighted by Gasteiger charge is 2.27. The molecule has 4 heterocycles. The predicted molar refractivity (Wildman–Crippen MR) is 83.3 cm³/mol. The summed E-state index contributed by atoms with van der Waals surface area (Å²) < 4.78 is 1.42. The number of rotatable bonds is 1. The number of aryl methyl sites for hydroxylation is 1. The molecule has 0 spiro atoms. The fraction of sp³-hybridized carbons (Fsp3) is 0.267. The van der Waals surface area contributed by atoms with Gasteiger partial charge in [0, 0.05) is 25.2 Å². The van der Waals surface area contributed by atoms with Gasteiger partial charge in [-0.2, -0.15) is 0 Å². The smallest absolute Gasteiger partial charge is 0.277 e. The van der Waals surface area contributed by atoms with Crippen LogP contribution in [0.5, 0.6) is 0 Å². The molecule has 3 aromatic rings. The average Bonchev–Trinajstić information content (AvgIpc) is 3.15. The number of aromatic nitrogens is 3.